The van der Waals surface area contributed by atoms with E-state index in [4.69, 9.17) is 21.1 Å². The smallest absolute Gasteiger partial charge is 0.183 e. The van der Waals surface area contributed by atoms with Crippen LogP contribution in [-0.4, -0.2) is 11.6 Å². The van der Waals surface area contributed by atoms with E-state index in [1.54, 1.807) is 6.20 Å². The van der Waals surface area contributed by atoms with Crippen molar-refractivity contribution in [1.82, 2.24) is 4.98 Å². The SMILES string of the molecule is CCCOc1ccccc1OCc1cnc(Cl)s1. The zero-order valence-electron chi connectivity index (χ0n) is 10.1. The number of halogens is 1. The Balaban J connectivity index is 1.99. The molecule has 3 nitrogen and oxygen atoms in total. The molecular formula is C13H14ClNO2S. The van der Waals surface area contributed by atoms with Crippen LogP contribution in [0, 0.1) is 0 Å². The van der Waals surface area contributed by atoms with E-state index in [2.05, 4.69) is 11.9 Å². The Morgan fingerprint density at radius 1 is 1.22 bits per heavy atom. The third-order valence-corrected chi connectivity index (χ3v) is 3.29. The molecule has 2 aromatic rings. The molecule has 0 saturated heterocycles. The number of benzene rings is 1. The zero-order chi connectivity index (χ0) is 12.8. The van der Waals surface area contributed by atoms with Gasteiger partial charge in [-0.05, 0) is 18.6 Å². The summed E-state index contributed by atoms with van der Waals surface area (Å²) in [7, 11) is 0. The molecule has 0 aliphatic heterocycles. The molecule has 5 heteroatoms. The number of ether oxygens (including phenoxy) is 2. The average molecular weight is 284 g/mol. The number of nitrogens with zero attached hydrogens (tertiary/aromatic N) is 1. The van der Waals surface area contributed by atoms with Crippen LogP contribution in [-0.2, 0) is 6.61 Å². The summed E-state index contributed by atoms with van der Waals surface area (Å²) in [6, 6.07) is 7.66. The Hall–Kier alpha value is -1.26. The van der Waals surface area contributed by atoms with Crippen LogP contribution in [0.15, 0.2) is 30.5 Å². The van der Waals surface area contributed by atoms with Crippen molar-refractivity contribution in [3.63, 3.8) is 0 Å². The molecule has 1 aromatic heterocycles. The highest BCUT2D eigenvalue weighted by Gasteiger charge is 2.05. The van der Waals surface area contributed by atoms with Gasteiger partial charge in [-0.15, -0.1) is 11.3 Å². The molecule has 0 fully saturated rings. The van der Waals surface area contributed by atoms with Crippen LogP contribution in [0.25, 0.3) is 0 Å². The molecule has 0 aliphatic rings. The lowest BCUT2D eigenvalue weighted by Gasteiger charge is -2.11. The van der Waals surface area contributed by atoms with Crippen LogP contribution in [0.3, 0.4) is 0 Å². The summed E-state index contributed by atoms with van der Waals surface area (Å²) in [5, 5.41) is 0. The first-order chi connectivity index (χ1) is 8.79. The van der Waals surface area contributed by atoms with Gasteiger partial charge < -0.3 is 9.47 Å². The van der Waals surface area contributed by atoms with E-state index >= 15 is 0 Å². The number of hydrogen-bond donors (Lipinski definition) is 0. The molecule has 1 heterocycles. The van der Waals surface area contributed by atoms with Crippen LogP contribution in [0.1, 0.15) is 18.2 Å². The Morgan fingerprint density at radius 2 is 1.94 bits per heavy atom. The summed E-state index contributed by atoms with van der Waals surface area (Å²) in [6.07, 6.45) is 2.70. The summed E-state index contributed by atoms with van der Waals surface area (Å²) in [4.78, 5) is 4.96. The summed E-state index contributed by atoms with van der Waals surface area (Å²) in [5.74, 6) is 1.52. The average Bonchev–Trinajstić information content (AvgIpc) is 2.81. The third-order valence-electron chi connectivity index (χ3n) is 2.21. The van der Waals surface area contributed by atoms with Crippen LogP contribution in [0.4, 0.5) is 0 Å². The Kier molecular flexibility index (Phi) is 4.84. The van der Waals surface area contributed by atoms with Gasteiger partial charge in [0.1, 0.15) is 6.61 Å². The fourth-order valence-electron chi connectivity index (χ4n) is 1.40. The second-order valence-corrected chi connectivity index (χ2v) is 5.36. The molecule has 18 heavy (non-hydrogen) atoms. The van der Waals surface area contributed by atoms with Gasteiger partial charge >= 0.3 is 0 Å². The van der Waals surface area contributed by atoms with Crippen LogP contribution < -0.4 is 9.47 Å². The van der Waals surface area contributed by atoms with Gasteiger partial charge in [-0.1, -0.05) is 30.7 Å². The number of hydrogen-bond acceptors (Lipinski definition) is 4. The van der Waals surface area contributed by atoms with Crippen molar-refractivity contribution in [1.29, 1.82) is 0 Å². The summed E-state index contributed by atoms with van der Waals surface area (Å²) >= 11 is 7.19. The zero-order valence-corrected chi connectivity index (χ0v) is 11.6. The van der Waals surface area contributed by atoms with Gasteiger partial charge in [-0.3, -0.25) is 0 Å². The van der Waals surface area contributed by atoms with Crippen molar-refractivity contribution < 1.29 is 9.47 Å². The first-order valence-electron chi connectivity index (χ1n) is 5.74. The summed E-state index contributed by atoms with van der Waals surface area (Å²) < 4.78 is 11.9. The maximum absolute atomic E-state index is 5.77. The van der Waals surface area contributed by atoms with Crippen molar-refractivity contribution in [3.05, 3.63) is 39.8 Å². The molecule has 0 spiro atoms. The van der Waals surface area contributed by atoms with E-state index in [-0.39, 0.29) is 0 Å². The molecule has 1 aromatic carbocycles. The maximum atomic E-state index is 5.77. The van der Waals surface area contributed by atoms with Gasteiger partial charge in [0.25, 0.3) is 0 Å². The predicted molar refractivity (Wildman–Crippen MR) is 73.7 cm³/mol. The highest BCUT2D eigenvalue weighted by molar-refractivity contribution is 7.15. The molecule has 96 valence electrons. The quantitative estimate of drug-likeness (QED) is 0.797. The lowest BCUT2D eigenvalue weighted by Crippen LogP contribution is -1.99. The molecule has 0 amide bonds. The minimum absolute atomic E-state index is 0.455. The van der Waals surface area contributed by atoms with Crippen LogP contribution in [0.2, 0.25) is 4.47 Å². The lowest BCUT2D eigenvalue weighted by atomic mass is 10.3. The Morgan fingerprint density at radius 3 is 2.56 bits per heavy atom. The molecule has 0 N–H and O–H groups in total. The van der Waals surface area contributed by atoms with Gasteiger partial charge in [-0.25, -0.2) is 4.98 Å². The van der Waals surface area contributed by atoms with E-state index < -0.39 is 0 Å². The minimum Gasteiger partial charge on any atom is -0.490 e. The van der Waals surface area contributed by atoms with E-state index in [9.17, 15) is 0 Å². The standard InChI is InChI=1S/C13H14ClNO2S/c1-2-7-16-11-5-3-4-6-12(11)17-9-10-8-15-13(14)18-10/h3-6,8H,2,7,9H2,1H3. The second-order valence-electron chi connectivity index (χ2n) is 3.66. The summed E-state index contributed by atoms with van der Waals surface area (Å²) in [6.45, 7) is 3.21. The van der Waals surface area contributed by atoms with Crippen LogP contribution >= 0.6 is 22.9 Å². The monoisotopic (exact) mass is 283 g/mol. The third kappa shape index (κ3) is 3.62. The number of rotatable bonds is 6. The highest BCUT2D eigenvalue weighted by atomic mass is 35.5. The molecule has 0 saturated carbocycles. The molecule has 0 bridgehead atoms. The summed E-state index contributed by atoms with van der Waals surface area (Å²) in [5.41, 5.74) is 0. The van der Waals surface area contributed by atoms with Gasteiger partial charge in [0.05, 0.1) is 11.5 Å². The molecule has 0 aliphatic carbocycles. The van der Waals surface area contributed by atoms with E-state index in [0.717, 1.165) is 22.8 Å². The first kappa shape index (κ1) is 13.2. The first-order valence-corrected chi connectivity index (χ1v) is 6.94. The molecule has 0 atom stereocenters. The van der Waals surface area contributed by atoms with Crippen molar-refractivity contribution in [2.45, 2.75) is 20.0 Å². The second kappa shape index (κ2) is 6.61. The van der Waals surface area contributed by atoms with Crippen LogP contribution in [0.5, 0.6) is 11.5 Å². The van der Waals surface area contributed by atoms with Crippen molar-refractivity contribution in [2.24, 2.45) is 0 Å². The topological polar surface area (TPSA) is 31.4 Å². The number of thiazole rings is 1. The Bertz CT molecular complexity index is 501. The normalized spacial score (nSPS) is 10.3. The van der Waals surface area contributed by atoms with Crippen molar-refractivity contribution in [2.75, 3.05) is 6.61 Å². The minimum atomic E-state index is 0.455. The number of para-hydroxylation sites is 2. The van der Waals surface area contributed by atoms with Gasteiger partial charge in [0, 0.05) is 6.20 Å². The lowest BCUT2D eigenvalue weighted by molar-refractivity contribution is 0.263. The molecular weight excluding hydrogens is 270 g/mol. The van der Waals surface area contributed by atoms with Crippen molar-refractivity contribution >= 4 is 22.9 Å². The number of aromatic nitrogens is 1. The highest BCUT2D eigenvalue weighted by Crippen LogP contribution is 2.28. The predicted octanol–water partition coefficient (Wildman–Crippen LogP) is 4.16. The Labute approximate surface area is 115 Å². The molecule has 0 unspecified atom stereocenters. The van der Waals surface area contributed by atoms with E-state index in [0.29, 0.717) is 17.7 Å². The fraction of sp³-hybridized carbons (Fsp3) is 0.308. The van der Waals surface area contributed by atoms with E-state index in [1.165, 1.54) is 11.3 Å². The van der Waals surface area contributed by atoms with Gasteiger partial charge in [-0.2, -0.15) is 0 Å². The molecule has 0 radical (unpaired) electrons. The largest absolute Gasteiger partial charge is 0.490 e. The molecule has 2 rings (SSSR count). The fourth-order valence-corrected chi connectivity index (χ4v) is 2.29. The van der Waals surface area contributed by atoms with Gasteiger partial charge in [0.2, 0.25) is 0 Å². The maximum Gasteiger partial charge on any atom is 0.183 e. The van der Waals surface area contributed by atoms with Crippen molar-refractivity contribution in [3.8, 4) is 11.5 Å². The van der Waals surface area contributed by atoms with E-state index in [1.807, 2.05) is 24.3 Å². The van der Waals surface area contributed by atoms with Gasteiger partial charge in [0.15, 0.2) is 16.0 Å².